The third kappa shape index (κ3) is 6.80. The van der Waals surface area contributed by atoms with Gasteiger partial charge in [-0.15, -0.1) is 0 Å². The number of hydrogen-bond acceptors (Lipinski definition) is 4. The molecular formula is C22H28BrN3O4S. The van der Waals surface area contributed by atoms with Crippen LogP contribution in [0, 0.1) is 6.92 Å². The van der Waals surface area contributed by atoms with Crippen molar-refractivity contribution in [3.8, 4) is 0 Å². The van der Waals surface area contributed by atoms with Crippen LogP contribution in [0.4, 0.5) is 5.69 Å². The molecule has 0 heterocycles. The Morgan fingerprint density at radius 3 is 2.26 bits per heavy atom. The molecule has 0 aliphatic heterocycles. The number of halogens is 1. The molecule has 2 rings (SSSR count). The highest BCUT2D eigenvalue weighted by Gasteiger charge is 2.30. The van der Waals surface area contributed by atoms with Crippen LogP contribution in [0.3, 0.4) is 0 Å². The predicted octanol–water partition coefficient (Wildman–Crippen LogP) is 3.08. The summed E-state index contributed by atoms with van der Waals surface area (Å²) in [6, 6.07) is 13.5. The van der Waals surface area contributed by atoms with E-state index in [4.69, 9.17) is 0 Å². The standard InChI is InChI=1S/C22H28BrN3O4S/c1-5-24-22(28)17(3)25(14-18-9-7-6-8-16(18)2)21(27)15-26(31(4,29)30)20-12-10-19(23)11-13-20/h6-13,17H,5,14-15H2,1-4H3,(H,24,28)/t17-/m0/s1. The van der Waals surface area contributed by atoms with Crippen molar-refractivity contribution >= 4 is 43.5 Å². The van der Waals surface area contributed by atoms with E-state index in [0.29, 0.717) is 12.2 Å². The molecule has 2 amide bonds. The number of rotatable bonds is 9. The fraction of sp³-hybridized carbons (Fsp3) is 0.364. The van der Waals surface area contributed by atoms with Crippen molar-refractivity contribution in [1.82, 2.24) is 10.2 Å². The number of nitrogens with zero attached hydrogens (tertiary/aromatic N) is 2. The van der Waals surface area contributed by atoms with Crippen LogP contribution >= 0.6 is 15.9 Å². The zero-order valence-electron chi connectivity index (χ0n) is 18.1. The van der Waals surface area contributed by atoms with Gasteiger partial charge in [0.1, 0.15) is 12.6 Å². The van der Waals surface area contributed by atoms with Crippen LogP contribution in [0.15, 0.2) is 53.0 Å². The lowest BCUT2D eigenvalue weighted by Gasteiger charge is -2.31. The molecule has 9 heteroatoms. The maximum Gasteiger partial charge on any atom is 0.244 e. The second-order valence-electron chi connectivity index (χ2n) is 7.26. The summed E-state index contributed by atoms with van der Waals surface area (Å²) >= 11 is 3.33. The van der Waals surface area contributed by atoms with Crippen molar-refractivity contribution < 1.29 is 18.0 Å². The minimum atomic E-state index is -3.73. The van der Waals surface area contributed by atoms with Gasteiger partial charge in [0.15, 0.2) is 0 Å². The minimum absolute atomic E-state index is 0.196. The van der Waals surface area contributed by atoms with Gasteiger partial charge in [0.2, 0.25) is 21.8 Å². The van der Waals surface area contributed by atoms with Crippen molar-refractivity contribution in [1.29, 1.82) is 0 Å². The number of amides is 2. The summed E-state index contributed by atoms with van der Waals surface area (Å²) in [5.74, 6) is -0.755. The molecule has 0 spiro atoms. The molecule has 2 aromatic rings. The van der Waals surface area contributed by atoms with E-state index in [1.165, 1.54) is 4.90 Å². The first kappa shape index (κ1) is 24.9. The first-order chi connectivity index (χ1) is 14.5. The van der Waals surface area contributed by atoms with Crippen molar-refractivity contribution in [3.05, 3.63) is 64.1 Å². The van der Waals surface area contributed by atoms with Crippen LogP contribution in [0.25, 0.3) is 0 Å². The van der Waals surface area contributed by atoms with Gasteiger partial charge in [0.25, 0.3) is 0 Å². The maximum atomic E-state index is 13.3. The van der Waals surface area contributed by atoms with Crippen molar-refractivity contribution in [2.45, 2.75) is 33.4 Å². The van der Waals surface area contributed by atoms with E-state index in [9.17, 15) is 18.0 Å². The monoisotopic (exact) mass is 509 g/mol. The number of aryl methyl sites for hydroxylation is 1. The Morgan fingerprint density at radius 1 is 1.10 bits per heavy atom. The van der Waals surface area contributed by atoms with Gasteiger partial charge in [-0.3, -0.25) is 13.9 Å². The average molecular weight is 510 g/mol. The van der Waals surface area contributed by atoms with E-state index >= 15 is 0 Å². The summed E-state index contributed by atoms with van der Waals surface area (Å²) in [7, 11) is -3.73. The molecule has 0 fully saturated rings. The van der Waals surface area contributed by atoms with Crippen LogP contribution in [-0.4, -0.2) is 50.5 Å². The van der Waals surface area contributed by atoms with Crippen LogP contribution in [0.1, 0.15) is 25.0 Å². The molecule has 0 aliphatic rings. The lowest BCUT2D eigenvalue weighted by atomic mass is 10.1. The molecule has 0 unspecified atom stereocenters. The van der Waals surface area contributed by atoms with Crippen LogP contribution in [-0.2, 0) is 26.2 Å². The van der Waals surface area contributed by atoms with E-state index in [-0.39, 0.29) is 12.5 Å². The van der Waals surface area contributed by atoms with Gasteiger partial charge in [-0.05, 0) is 56.2 Å². The predicted molar refractivity (Wildman–Crippen MR) is 126 cm³/mol. The molecule has 0 aromatic heterocycles. The van der Waals surface area contributed by atoms with Crippen molar-refractivity contribution in [2.24, 2.45) is 0 Å². The van der Waals surface area contributed by atoms with Gasteiger partial charge < -0.3 is 10.2 Å². The summed E-state index contributed by atoms with van der Waals surface area (Å²) in [5.41, 5.74) is 2.25. The summed E-state index contributed by atoms with van der Waals surface area (Å²) in [6.07, 6.45) is 1.06. The minimum Gasteiger partial charge on any atom is -0.355 e. The number of hydrogen-bond donors (Lipinski definition) is 1. The van der Waals surface area contributed by atoms with E-state index in [1.807, 2.05) is 31.2 Å². The zero-order valence-corrected chi connectivity index (χ0v) is 20.5. The molecule has 0 aliphatic carbocycles. The third-order valence-corrected chi connectivity index (χ3v) is 6.58. The number of carbonyl (C=O) groups excluding carboxylic acids is 2. The van der Waals surface area contributed by atoms with Gasteiger partial charge in [-0.2, -0.15) is 0 Å². The Balaban J connectivity index is 2.38. The average Bonchev–Trinajstić information content (AvgIpc) is 2.71. The molecule has 0 saturated heterocycles. The van der Waals surface area contributed by atoms with Crippen molar-refractivity contribution in [2.75, 3.05) is 23.7 Å². The third-order valence-electron chi connectivity index (χ3n) is 4.91. The SMILES string of the molecule is CCNC(=O)[C@H](C)N(Cc1ccccc1C)C(=O)CN(c1ccc(Br)cc1)S(C)(=O)=O. The Kier molecular flexibility index (Phi) is 8.64. The molecule has 1 N–H and O–H groups in total. The quantitative estimate of drug-likeness (QED) is 0.562. The Labute approximate surface area is 192 Å². The molecule has 1 atom stereocenters. The second kappa shape index (κ2) is 10.8. The van der Waals surface area contributed by atoms with Crippen molar-refractivity contribution in [3.63, 3.8) is 0 Å². The smallest absolute Gasteiger partial charge is 0.244 e. The lowest BCUT2D eigenvalue weighted by Crippen LogP contribution is -2.51. The Hall–Kier alpha value is -2.39. The molecule has 0 radical (unpaired) electrons. The first-order valence-electron chi connectivity index (χ1n) is 9.89. The van der Waals surface area contributed by atoms with Gasteiger partial charge in [0.05, 0.1) is 11.9 Å². The summed E-state index contributed by atoms with van der Waals surface area (Å²) < 4.78 is 26.8. The summed E-state index contributed by atoms with van der Waals surface area (Å²) in [5, 5.41) is 2.73. The van der Waals surface area contributed by atoms with Crippen LogP contribution in [0.5, 0.6) is 0 Å². The number of anilines is 1. The number of likely N-dealkylation sites (N-methyl/N-ethyl adjacent to an activating group) is 1. The van der Waals surface area contributed by atoms with E-state index in [2.05, 4.69) is 21.2 Å². The highest BCUT2D eigenvalue weighted by Crippen LogP contribution is 2.22. The Bertz CT molecular complexity index is 1030. The normalized spacial score (nSPS) is 12.2. The largest absolute Gasteiger partial charge is 0.355 e. The van der Waals surface area contributed by atoms with E-state index < -0.39 is 28.5 Å². The van der Waals surface area contributed by atoms with Gasteiger partial charge in [-0.25, -0.2) is 8.42 Å². The first-order valence-corrected chi connectivity index (χ1v) is 12.5. The lowest BCUT2D eigenvalue weighted by molar-refractivity contribution is -0.139. The summed E-state index contributed by atoms with van der Waals surface area (Å²) in [4.78, 5) is 27.3. The number of sulfonamides is 1. The van der Waals surface area contributed by atoms with Gasteiger partial charge >= 0.3 is 0 Å². The molecule has 31 heavy (non-hydrogen) atoms. The van der Waals surface area contributed by atoms with E-state index in [0.717, 1.165) is 26.2 Å². The second-order valence-corrected chi connectivity index (χ2v) is 10.1. The molecule has 2 aromatic carbocycles. The topological polar surface area (TPSA) is 86.8 Å². The number of benzene rings is 2. The molecule has 0 saturated carbocycles. The summed E-state index contributed by atoms with van der Waals surface area (Å²) in [6.45, 7) is 5.60. The highest BCUT2D eigenvalue weighted by atomic mass is 79.9. The molecule has 168 valence electrons. The molecule has 0 bridgehead atoms. The Morgan fingerprint density at radius 2 is 1.71 bits per heavy atom. The fourth-order valence-corrected chi connectivity index (χ4v) is 4.21. The zero-order chi connectivity index (χ0) is 23.2. The fourth-order valence-electron chi connectivity index (χ4n) is 3.10. The molecule has 7 nitrogen and oxygen atoms in total. The highest BCUT2D eigenvalue weighted by molar-refractivity contribution is 9.10. The number of nitrogens with one attached hydrogen (secondary N) is 1. The van der Waals surface area contributed by atoms with Crippen LogP contribution < -0.4 is 9.62 Å². The molecular weight excluding hydrogens is 482 g/mol. The van der Waals surface area contributed by atoms with Gasteiger partial charge in [-0.1, -0.05) is 40.2 Å². The number of carbonyl (C=O) groups is 2. The van der Waals surface area contributed by atoms with Gasteiger partial charge in [0, 0.05) is 17.6 Å². The maximum absolute atomic E-state index is 13.3. The van der Waals surface area contributed by atoms with E-state index in [1.54, 1.807) is 38.1 Å². The van der Waals surface area contributed by atoms with Crippen LogP contribution in [0.2, 0.25) is 0 Å².